The number of guanidine groups is 1. The topological polar surface area (TPSA) is 60.4 Å². The van der Waals surface area contributed by atoms with Crippen molar-refractivity contribution in [2.75, 3.05) is 62.7 Å². The number of benzene rings is 1. The van der Waals surface area contributed by atoms with Gasteiger partial charge in [0.1, 0.15) is 5.75 Å². The Labute approximate surface area is 175 Å². The predicted molar refractivity (Wildman–Crippen MR) is 118 cm³/mol. The Bertz CT molecular complexity index is 847. The maximum Gasteiger partial charge on any atom is 0.265 e. The van der Waals surface area contributed by atoms with Gasteiger partial charge in [0.05, 0.1) is 10.7 Å². The molecule has 1 amide bonds. The van der Waals surface area contributed by atoms with Gasteiger partial charge in [-0.2, -0.15) is 0 Å². The average Bonchev–Trinajstić information content (AvgIpc) is 3.30. The number of amides is 1. The summed E-state index contributed by atoms with van der Waals surface area (Å²) in [5.74, 6) is 1.72. The SMILES string of the molecule is CN=C(NCCCN1C(=O)COc2ccccc21)N1CCN(c2cccs2)CC1. The van der Waals surface area contributed by atoms with E-state index in [2.05, 4.69) is 37.6 Å². The number of hydrogen-bond acceptors (Lipinski definition) is 5. The molecule has 2 aliphatic heterocycles. The second-order valence-corrected chi connectivity index (χ2v) is 7.98. The molecule has 0 unspecified atom stereocenters. The van der Waals surface area contributed by atoms with Crippen LogP contribution in [0.15, 0.2) is 46.8 Å². The lowest BCUT2D eigenvalue weighted by Gasteiger charge is -2.37. The van der Waals surface area contributed by atoms with Crippen LogP contribution in [0.5, 0.6) is 5.75 Å². The van der Waals surface area contributed by atoms with Crippen LogP contribution in [0.4, 0.5) is 10.7 Å². The summed E-state index contributed by atoms with van der Waals surface area (Å²) < 4.78 is 5.51. The number of anilines is 2. The Kier molecular flexibility index (Phi) is 6.19. The van der Waals surface area contributed by atoms with Crippen LogP contribution in [-0.2, 0) is 4.79 Å². The number of nitrogens with one attached hydrogen (secondary N) is 1. The van der Waals surface area contributed by atoms with Crippen LogP contribution in [-0.4, -0.2) is 69.7 Å². The van der Waals surface area contributed by atoms with E-state index < -0.39 is 0 Å². The van der Waals surface area contributed by atoms with Crippen molar-refractivity contribution in [2.45, 2.75) is 6.42 Å². The van der Waals surface area contributed by atoms with Crippen molar-refractivity contribution in [3.05, 3.63) is 41.8 Å². The Morgan fingerprint density at radius 3 is 2.76 bits per heavy atom. The number of carbonyl (C=O) groups excluding carboxylic acids is 1. The largest absolute Gasteiger partial charge is 0.482 e. The fourth-order valence-electron chi connectivity index (χ4n) is 3.76. The number of para-hydroxylation sites is 2. The van der Waals surface area contributed by atoms with Gasteiger partial charge in [-0.05, 0) is 36.1 Å². The molecule has 0 radical (unpaired) electrons. The van der Waals surface area contributed by atoms with Crippen LogP contribution in [0.25, 0.3) is 0 Å². The zero-order valence-corrected chi connectivity index (χ0v) is 17.5. The molecule has 1 aromatic carbocycles. The predicted octanol–water partition coefficient (Wildman–Crippen LogP) is 2.26. The van der Waals surface area contributed by atoms with E-state index in [-0.39, 0.29) is 12.5 Å². The average molecular weight is 414 g/mol. The molecular weight excluding hydrogens is 386 g/mol. The second kappa shape index (κ2) is 9.17. The van der Waals surface area contributed by atoms with Crippen molar-refractivity contribution >= 4 is 33.9 Å². The van der Waals surface area contributed by atoms with E-state index >= 15 is 0 Å². The molecule has 2 aliphatic rings. The first kappa shape index (κ1) is 19.6. The van der Waals surface area contributed by atoms with Crippen molar-refractivity contribution in [1.29, 1.82) is 0 Å². The first-order chi connectivity index (χ1) is 14.3. The molecule has 8 heteroatoms. The molecule has 2 aromatic rings. The third kappa shape index (κ3) is 4.48. The highest BCUT2D eigenvalue weighted by Gasteiger charge is 2.25. The monoisotopic (exact) mass is 413 g/mol. The quantitative estimate of drug-likeness (QED) is 0.463. The van der Waals surface area contributed by atoms with Gasteiger partial charge >= 0.3 is 0 Å². The Balaban J connectivity index is 1.24. The van der Waals surface area contributed by atoms with E-state index in [1.165, 1.54) is 5.00 Å². The zero-order valence-electron chi connectivity index (χ0n) is 16.7. The molecular formula is C21H27N5O2S. The lowest BCUT2D eigenvalue weighted by atomic mass is 10.2. The fraction of sp³-hybridized carbons (Fsp3) is 0.429. The molecule has 0 spiro atoms. The number of rotatable bonds is 5. The Morgan fingerprint density at radius 1 is 1.17 bits per heavy atom. The maximum absolute atomic E-state index is 12.3. The summed E-state index contributed by atoms with van der Waals surface area (Å²) in [4.78, 5) is 23.3. The second-order valence-electron chi connectivity index (χ2n) is 7.05. The first-order valence-corrected chi connectivity index (χ1v) is 10.9. The zero-order chi connectivity index (χ0) is 20.1. The number of ether oxygens (including phenoxy) is 1. The highest BCUT2D eigenvalue weighted by Crippen LogP contribution is 2.31. The molecule has 29 heavy (non-hydrogen) atoms. The van der Waals surface area contributed by atoms with Crippen LogP contribution in [0, 0.1) is 0 Å². The smallest absolute Gasteiger partial charge is 0.265 e. The van der Waals surface area contributed by atoms with Crippen LogP contribution < -0.4 is 19.9 Å². The van der Waals surface area contributed by atoms with Gasteiger partial charge < -0.3 is 24.8 Å². The van der Waals surface area contributed by atoms with E-state index in [0.29, 0.717) is 6.54 Å². The molecule has 1 aromatic heterocycles. The van der Waals surface area contributed by atoms with Crippen molar-refractivity contribution in [2.24, 2.45) is 4.99 Å². The van der Waals surface area contributed by atoms with E-state index in [1.54, 1.807) is 11.3 Å². The molecule has 1 saturated heterocycles. The van der Waals surface area contributed by atoms with Crippen molar-refractivity contribution < 1.29 is 9.53 Å². The number of nitrogens with zero attached hydrogens (tertiary/aromatic N) is 4. The number of piperazine rings is 1. The Hall–Kier alpha value is -2.74. The van der Waals surface area contributed by atoms with Gasteiger partial charge in [0.15, 0.2) is 12.6 Å². The minimum absolute atomic E-state index is 0.0118. The van der Waals surface area contributed by atoms with Crippen LogP contribution >= 0.6 is 11.3 Å². The lowest BCUT2D eigenvalue weighted by molar-refractivity contribution is -0.121. The van der Waals surface area contributed by atoms with Crippen molar-refractivity contribution in [3.8, 4) is 5.75 Å². The summed E-state index contributed by atoms with van der Waals surface area (Å²) in [6.07, 6.45) is 0.842. The van der Waals surface area contributed by atoms with E-state index in [4.69, 9.17) is 4.74 Å². The summed E-state index contributed by atoms with van der Waals surface area (Å²) in [7, 11) is 1.83. The highest BCUT2D eigenvalue weighted by atomic mass is 32.1. The van der Waals surface area contributed by atoms with Crippen LogP contribution in [0.2, 0.25) is 0 Å². The number of fused-ring (bicyclic) bond motifs is 1. The molecule has 1 N–H and O–H groups in total. The molecule has 0 bridgehead atoms. The molecule has 4 rings (SSSR count). The van der Waals surface area contributed by atoms with Crippen molar-refractivity contribution in [1.82, 2.24) is 10.2 Å². The Morgan fingerprint density at radius 2 is 2.00 bits per heavy atom. The van der Waals surface area contributed by atoms with Gasteiger partial charge in [-0.15, -0.1) is 11.3 Å². The molecule has 7 nitrogen and oxygen atoms in total. The minimum Gasteiger partial charge on any atom is -0.482 e. The van der Waals surface area contributed by atoms with Gasteiger partial charge in [0.2, 0.25) is 0 Å². The van der Waals surface area contributed by atoms with E-state index in [9.17, 15) is 4.79 Å². The van der Waals surface area contributed by atoms with Gasteiger partial charge in [-0.25, -0.2) is 0 Å². The van der Waals surface area contributed by atoms with Gasteiger partial charge in [-0.1, -0.05) is 12.1 Å². The number of aliphatic imine (C=N–C) groups is 1. The minimum atomic E-state index is 0.0118. The van der Waals surface area contributed by atoms with Gasteiger partial charge in [-0.3, -0.25) is 9.79 Å². The number of carbonyl (C=O) groups is 1. The van der Waals surface area contributed by atoms with Crippen molar-refractivity contribution in [3.63, 3.8) is 0 Å². The summed E-state index contributed by atoms with van der Waals surface area (Å²) in [6, 6.07) is 12.0. The molecule has 0 aliphatic carbocycles. The number of thiophene rings is 1. The first-order valence-electron chi connectivity index (χ1n) is 10.0. The highest BCUT2D eigenvalue weighted by molar-refractivity contribution is 7.14. The van der Waals surface area contributed by atoms with Gasteiger partial charge in [0.25, 0.3) is 5.91 Å². The van der Waals surface area contributed by atoms with E-state index in [0.717, 1.165) is 56.5 Å². The standard InChI is InChI=1S/C21H27N5O2S/c1-22-21(25-13-11-24(12-14-25)20-8-4-15-29-20)23-9-5-10-26-17-6-2-3-7-18(17)28-16-19(26)27/h2-4,6-8,15H,5,9-14,16H2,1H3,(H,22,23). The third-order valence-electron chi connectivity index (χ3n) is 5.26. The lowest BCUT2D eigenvalue weighted by Crippen LogP contribution is -2.52. The summed E-state index contributed by atoms with van der Waals surface area (Å²) in [5, 5.41) is 6.92. The fourth-order valence-corrected chi connectivity index (χ4v) is 4.54. The van der Waals surface area contributed by atoms with Crippen LogP contribution in [0.1, 0.15) is 6.42 Å². The van der Waals surface area contributed by atoms with Crippen LogP contribution in [0.3, 0.4) is 0 Å². The van der Waals surface area contributed by atoms with Gasteiger partial charge in [0, 0.05) is 46.3 Å². The molecule has 0 saturated carbocycles. The normalized spacial score (nSPS) is 17.2. The molecule has 1 fully saturated rings. The summed E-state index contributed by atoms with van der Waals surface area (Å²) >= 11 is 1.79. The van der Waals surface area contributed by atoms with E-state index in [1.807, 2.05) is 36.2 Å². The maximum atomic E-state index is 12.3. The number of hydrogen-bond donors (Lipinski definition) is 1. The molecule has 3 heterocycles. The summed E-state index contributed by atoms with van der Waals surface area (Å²) in [5.41, 5.74) is 0.859. The summed E-state index contributed by atoms with van der Waals surface area (Å²) in [6.45, 7) is 5.45. The third-order valence-corrected chi connectivity index (χ3v) is 6.19. The molecule has 154 valence electrons. The molecule has 0 atom stereocenters.